The van der Waals surface area contributed by atoms with Crippen molar-refractivity contribution in [3.8, 4) is 11.1 Å². The molecule has 0 saturated heterocycles. The number of aliphatic hydroxyl groups is 1. The van der Waals surface area contributed by atoms with E-state index in [1.54, 1.807) is 13.0 Å². The summed E-state index contributed by atoms with van der Waals surface area (Å²) in [4.78, 5) is 16.8. The number of aryl methyl sites for hydroxylation is 1. The summed E-state index contributed by atoms with van der Waals surface area (Å²) in [5.74, 6) is -0.560. The summed E-state index contributed by atoms with van der Waals surface area (Å²) in [7, 11) is 0. The maximum atomic E-state index is 12.2. The van der Waals surface area contributed by atoms with Crippen molar-refractivity contribution >= 4 is 28.5 Å². The quantitative estimate of drug-likeness (QED) is 0.322. The molecule has 168 valence electrons. The number of hydrogen-bond acceptors (Lipinski definition) is 5. The molecule has 0 spiro atoms. The van der Waals surface area contributed by atoms with Gasteiger partial charge in [-0.1, -0.05) is 30.3 Å². The van der Waals surface area contributed by atoms with Crippen LogP contribution < -0.4 is 0 Å². The first kappa shape index (κ1) is 23.8. The first-order valence-corrected chi connectivity index (χ1v) is 10.8. The molecular formula is C26H28ClNO4. The second kappa shape index (κ2) is 9.31. The maximum absolute atomic E-state index is 12.2. The molecule has 0 radical (unpaired) electrons. The summed E-state index contributed by atoms with van der Waals surface area (Å²) in [6.07, 6.45) is -0.755. The monoisotopic (exact) mass is 453 g/mol. The van der Waals surface area contributed by atoms with Crippen LogP contribution in [-0.4, -0.2) is 28.3 Å². The molecule has 0 bridgehead atoms. The van der Waals surface area contributed by atoms with Crippen LogP contribution in [0.2, 0.25) is 5.02 Å². The number of carbonyl (C=O) groups is 1. The molecule has 2 aromatic carbocycles. The minimum Gasteiger partial charge on any atom is -0.510 e. The fourth-order valence-electron chi connectivity index (χ4n) is 3.65. The third-order valence-corrected chi connectivity index (χ3v) is 5.15. The second-order valence-corrected chi connectivity index (χ2v) is 9.01. The lowest BCUT2D eigenvalue weighted by atomic mass is 9.88. The molecule has 0 unspecified atom stereocenters. The van der Waals surface area contributed by atoms with E-state index in [0.717, 1.165) is 27.6 Å². The van der Waals surface area contributed by atoms with E-state index in [0.29, 0.717) is 10.5 Å². The Morgan fingerprint density at radius 3 is 2.41 bits per heavy atom. The molecule has 1 atom stereocenters. The summed E-state index contributed by atoms with van der Waals surface area (Å²) < 4.78 is 11.3. The normalized spacial score (nSPS) is 12.6. The van der Waals surface area contributed by atoms with Crippen molar-refractivity contribution in [2.24, 2.45) is 0 Å². The zero-order chi connectivity index (χ0) is 23.6. The van der Waals surface area contributed by atoms with Crippen LogP contribution in [0.5, 0.6) is 0 Å². The lowest BCUT2D eigenvalue weighted by molar-refractivity contribution is -0.0595. The number of pyridine rings is 1. The van der Waals surface area contributed by atoms with Gasteiger partial charge in [-0.2, -0.15) is 0 Å². The van der Waals surface area contributed by atoms with Gasteiger partial charge in [0.1, 0.15) is 17.6 Å². The van der Waals surface area contributed by atoms with Crippen LogP contribution in [0.4, 0.5) is 0 Å². The number of aliphatic hydroxyl groups excluding tert-OH is 1. The third-order valence-electron chi connectivity index (χ3n) is 4.90. The molecule has 6 heteroatoms. The number of esters is 1. The fourth-order valence-corrected chi connectivity index (χ4v) is 3.78. The van der Waals surface area contributed by atoms with Gasteiger partial charge in [0.25, 0.3) is 0 Å². The standard InChI is InChI=1S/C26H28ClNO4/c1-7-31-25(30)20-13-12-19-21(28-20)14-15(2)22(24(16(3)29)32-26(4,5)6)23(19)17-8-10-18(27)11-9-17/h8-14,24,29H,3,7H2,1-2,4-6H3/t24-/m1/s1. The molecule has 1 N–H and O–H groups in total. The Balaban J connectivity index is 2.35. The van der Waals surface area contributed by atoms with Gasteiger partial charge in [-0.25, -0.2) is 9.78 Å². The van der Waals surface area contributed by atoms with E-state index in [1.807, 2.05) is 64.1 Å². The highest BCUT2D eigenvalue weighted by Gasteiger charge is 2.29. The Morgan fingerprint density at radius 1 is 1.19 bits per heavy atom. The van der Waals surface area contributed by atoms with Crippen molar-refractivity contribution in [2.75, 3.05) is 6.61 Å². The van der Waals surface area contributed by atoms with Crippen molar-refractivity contribution in [2.45, 2.75) is 46.3 Å². The number of carbonyl (C=O) groups excluding carboxylic acids is 1. The second-order valence-electron chi connectivity index (χ2n) is 8.57. The molecule has 3 rings (SSSR count). The van der Waals surface area contributed by atoms with Crippen LogP contribution in [0.25, 0.3) is 22.0 Å². The highest BCUT2D eigenvalue weighted by molar-refractivity contribution is 6.30. The van der Waals surface area contributed by atoms with E-state index in [1.165, 1.54) is 0 Å². The van der Waals surface area contributed by atoms with Crippen LogP contribution in [0.1, 0.15) is 55.4 Å². The third kappa shape index (κ3) is 5.12. The molecule has 0 saturated carbocycles. The van der Waals surface area contributed by atoms with Gasteiger partial charge in [0.2, 0.25) is 0 Å². The lowest BCUT2D eigenvalue weighted by Crippen LogP contribution is -2.24. The molecule has 0 aliphatic carbocycles. The average Bonchev–Trinajstić information content (AvgIpc) is 2.71. The Morgan fingerprint density at radius 2 is 1.84 bits per heavy atom. The number of ether oxygens (including phenoxy) is 2. The van der Waals surface area contributed by atoms with Crippen molar-refractivity contribution in [1.29, 1.82) is 0 Å². The molecule has 0 fully saturated rings. The van der Waals surface area contributed by atoms with Gasteiger partial charge in [-0.05, 0) is 87.2 Å². The number of rotatable bonds is 6. The van der Waals surface area contributed by atoms with Crippen LogP contribution in [0.15, 0.2) is 54.8 Å². The fraction of sp³-hybridized carbons (Fsp3) is 0.308. The molecule has 0 aliphatic heterocycles. The van der Waals surface area contributed by atoms with Crippen molar-refractivity contribution in [1.82, 2.24) is 4.98 Å². The lowest BCUT2D eigenvalue weighted by Gasteiger charge is -2.30. The molecule has 5 nitrogen and oxygen atoms in total. The molecule has 0 amide bonds. The number of fused-ring (bicyclic) bond motifs is 1. The first-order valence-electron chi connectivity index (χ1n) is 10.4. The minimum atomic E-state index is -0.755. The highest BCUT2D eigenvalue weighted by Crippen LogP contribution is 2.42. The van der Waals surface area contributed by atoms with E-state index >= 15 is 0 Å². The number of nitrogens with zero attached hydrogens (tertiary/aromatic N) is 1. The van der Waals surface area contributed by atoms with Gasteiger partial charge in [-0.3, -0.25) is 0 Å². The Bertz CT molecular complexity index is 1160. The van der Waals surface area contributed by atoms with E-state index in [-0.39, 0.29) is 18.1 Å². The van der Waals surface area contributed by atoms with E-state index in [2.05, 4.69) is 11.6 Å². The SMILES string of the molecule is C=C(O)[C@@H](OC(C)(C)C)c1c(C)cc2nc(C(=O)OCC)ccc2c1-c1ccc(Cl)cc1. The van der Waals surface area contributed by atoms with Gasteiger partial charge in [0, 0.05) is 10.4 Å². The van der Waals surface area contributed by atoms with Gasteiger partial charge in [0.15, 0.2) is 0 Å². The minimum absolute atomic E-state index is 0.0892. The van der Waals surface area contributed by atoms with Crippen LogP contribution in [0.3, 0.4) is 0 Å². The molecule has 32 heavy (non-hydrogen) atoms. The van der Waals surface area contributed by atoms with Gasteiger partial charge < -0.3 is 14.6 Å². The Kier molecular flexibility index (Phi) is 6.91. The summed E-state index contributed by atoms with van der Waals surface area (Å²) in [5, 5.41) is 11.9. The maximum Gasteiger partial charge on any atom is 0.356 e. The number of hydrogen-bond donors (Lipinski definition) is 1. The molecule has 1 aromatic heterocycles. The summed E-state index contributed by atoms with van der Waals surface area (Å²) in [6.45, 7) is 13.5. The van der Waals surface area contributed by atoms with Crippen molar-refractivity contribution < 1.29 is 19.4 Å². The molecule has 3 aromatic rings. The number of halogens is 1. The summed E-state index contributed by atoms with van der Waals surface area (Å²) in [6, 6.07) is 12.8. The van der Waals surface area contributed by atoms with Crippen molar-refractivity contribution in [3.63, 3.8) is 0 Å². The first-order chi connectivity index (χ1) is 15.0. The zero-order valence-electron chi connectivity index (χ0n) is 19.0. The van der Waals surface area contributed by atoms with Crippen molar-refractivity contribution in [3.05, 3.63) is 76.6 Å². The summed E-state index contributed by atoms with van der Waals surface area (Å²) in [5.41, 5.74) is 3.70. The predicted octanol–water partition coefficient (Wildman–Crippen LogP) is 6.97. The number of aromatic nitrogens is 1. The molecule has 1 heterocycles. The summed E-state index contributed by atoms with van der Waals surface area (Å²) >= 11 is 6.13. The highest BCUT2D eigenvalue weighted by atomic mass is 35.5. The molecular weight excluding hydrogens is 426 g/mol. The number of benzene rings is 2. The smallest absolute Gasteiger partial charge is 0.356 e. The zero-order valence-corrected chi connectivity index (χ0v) is 19.8. The van der Waals surface area contributed by atoms with Crippen LogP contribution in [-0.2, 0) is 9.47 Å². The predicted molar refractivity (Wildman–Crippen MR) is 128 cm³/mol. The Hall–Kier alpha value is -2.89. The Labute approximate surface area is 193 Å². The van der Waals surface area contributed by atoms with Crippen LogP contribution >= 0.6 is 11.6 Å². The van der Waals surface area contributed by atoms with Gasteiger partial charge in [0.05, 0.1) is 17.7 Å². The molecule has 0 aliphatic rings. The van der Waals surface area contributed by atoms with Gasteiger partial charge >= 0.3 is 5.97 Å². The van der Waals surface area contributed by atoms with Gasteiger partial charge in [-0.15, -0.1) is 0 Å². The topological polar surface area (TPSA) is 68.7 Å². The van der Waals surface area contributed by atoms with Crippen LogP contribution in [0, 0.1) is 6.92 Å². The average molecular weight is 454 g/mol. The van der Waals surface area contributed by atoms with E-state index < -0.39 is 17.7 Å². The largest absolute Gasteiger partial charge is 0.510 e. The van der Waals surface area contributed by atoms with E-state index in [4.69, 9.17) is 21.1 Å². The van der Waals surface area contributed by atoms with E-state index in [9.17, 15) is 9.90 Å².